The Bertz CT molecular complexity index is 522. The van der Waals surface area contributed by atoms with Gasteiger partial charge < -0.3 is 5.32 Å². The van der Waals surface area contributed by atoms with E-state index in [9.17, 15) is 18.0 Å². The van der Waals surface area contributed by atoms with Crippen molar-refractivity contribution in [2.75, 3.05) is 0 Å². The molecule has 0 spiro atoms. The number of hydrogen-bond acceptors (Lipinski definition) is 1. The molecule has 0 saturated heterocycles. The summed E-state index contributed by atoms with van der Waals surface area (Å²) in [6.07, 6.45) is -0.755. The number of amides is 1. The summed E-state index contributed by atoms with van der Waals surface area (Å²) in [5, 5.41) is 2.82. The van der Waals surface area contributed by atoms with E-state index in [2.05, 4.69) is 12.2 Å². The van der Waals surface area contributed by atoms with Crippen molar-refractivity contribution in [2.45, 2.75) is 44.8 Å². The van der Waals surface area contributed by atoms with Gasteiger partial charge in [0.25, 0.3) is 5.91 Å². The van der Waals surface area contributed by atoms with Crippen LogP contribution >= 0.6 is 11.6 Å². The highest BCUT2D eigenvalue weighted by atomic mass is 35.5. The first-order chi connectivity index (χ1) is 9.77. The zero-order chi connectivity index (χ0) is 15.6. The summed E-state index contributed by atoms with van der Waals surface area (Å²) in [7, 11) is 0. The SMILES string of the molecule is CC1CCC(NC(=O)c2cc(C(F)(F)F)ccc2Cl)CC1. The number of rotatable bonds is 2. The van der Waals surface area contributed by atoms with Crippen LogP contribution < -0.4 is 5.32 Å². The van der Waals surface area contributed by atoms with E-state index >= 15 is 0 Å². The second kappa shape index (κ2) is 6.26. The van der Waals surface area contributed by atoms with Crippen molar-refractivity contribution in [2.24, 2.45) is 5.92 Å². The van der Waals surface area contributed by atoms with Gasteiger partial charge in [0.1, 0.15) is 0 Å². The first-order valence-electron chi connectivity index (χ1n) is 6.95. The second-order valence-corrected chi connectivity index (χ2v) is 6.03. The lowest BCUT2D eigenvalue weighted by atomic mass is 9.87. The molecule has 1 amide bonds. The molecule has 2 rings (SSSR count). The average Bonchev–Trinajstić information content (AvgIpc) is 2.40. The highest BCUT2D eigenvalue weighted by Crippen LogP contribution is 2.32. The lowest BCUT2D eigenvalue weighted by Gasteiger charge is -2.27. The minimum atomic E-state index is -4.49. The fourth-order valence-corrected chi connectivity index (χ4v) is 2.75. The van der Waals surface area contributed by atoms with Gasteiger partial charge in [-0.15, -0.1) is 0 Å². The van der Waals surface area contributed by atoms with Gasteiger partial charge in [0, 0.05) is 6.04 Å². The van der Waals surface area contributed by atoms with Crippen LogP contribution in [0.15, 0.2) is 18.2 Å². The van der Waals surface area contributed by atoms with Gasteiger partial charge in [0.15, 0.2) is 0 Å². The molecule has 1 aliphatic carbocycles. The van der Waals surface area contributed by atoms with Crippen LogP contribution in [0.5, 0.6) is 0 Å². The number of benzene rings is 1. The lowest BCUT2D eigenvalue weighted by Crippen LogP contribution is -2.37. The number of halogens is 4. The van der Waals surface area contributed by atoms with Crippen LogP contribution in [-0.4, -0.2) is 11.9 Å². The molecule has 0 bridgehead atoms. The fraction of sp³-hybridized carbons (Fsp3) is 0.533. The summed E-state index contributed by atoms with van der Waals surface area (Å²) in [6, 6.07) is 2.81. The first kappa shape index (κ1) is 16.1. The molecule has 0 aliphatic heterocycles. The Hall–Kier alpha value is -1.23. The third kappa shape index (κ3) is 4.13. The molecule has 0 aromatic heterocycles. The van der Waals surface area contributed by atoms with Gasteiger partial charge >= 0.3 is 6.18 Å². The molecular formula is C15H17ClF3NO. The molecule has 2 nitrogen and oxygen atoms in total. The van der Waals surface area contributed by atoms with E-state index in [0.717, 1.165) is 43.9 Å². The number of hydrogen-bond donors (Lipinski definition) is 1. The van der Waals surface area contributed by atoms with Crippen molar-refractivity contribution >= 4 is 17.5 Å². The van der Waals surface area contributed by atoms with Crippen LogP contribution in [0, 0.1) is 5.92 Å². The maximum atomic E-state index is 12.7. The van der Waals surface area contributed by atoms with Gasteiger partial charge in [-0.25, -0.2) is 0 Å². The highest BCUT2D eigenvalue weighted by molar-refractivity contribution is 6.33. The predicted octanol–water partition coefficient (Wildman–Crippen LogP) is 4.67. The van der Waals surface area contributed by atoms with Gasteiger partial charge in [-0.1, -0.05) is 18.5 Å². The molecule has 0 heterocycles. The summed E-state index contributed by atoms with van der Waals surface area (Å²) in [5.74, 6) is 0.0981. The minimum absolute atomic E-state index is 0.0132. The highest BCUT2D eigenvalue weighted by Gasteiger charge is 2.32. The third-order valence-electron chi connectivity index (χ3n) is 3.89. The van der Waals surface area contributed by atoms with Crippen molar-refractivity contribution in [3.05, 3.63) is 34.3 Å². The lowest BCUT2D eigenvalue weighted by molar-refractivity contribution is -0.137. The molecule has 116 valence electrons. The molecule has 6 heteroatoms. The molecule has 1 fully saturated rings. The summed E-state index contributed by atoms with van der Waals surface area (Å²) < 4.78 is 38.1. The Labute approximate surface area is 126 Å². The van der Waals surface area contributed by atoms with E-state index in [1.165, 1.54) is 0 Å². The third-order valence-corrected chi connectivity index (χ3v) is 4.22. The molecule has 0 unspecified atom stereocenters. The first-order valence-corrected chi connectivity index (χ1v) is 7.33. The molecule has 0 radical (unpaired) electrons. The quantitative estimate of drug-likeness (QED) is 0.843. The predicted molar refractivity (Wildman–Crippen MR) is 75.3 cm³/mol. The van der Waals surface area contributed by atoms with Crippen molar-refractivity contribution < 1.29 is 18.0 Å². The number of carbonyl (C=O) groups excluding carboxylic acids is 1. The van der Waals surface area contributed by atoms with Crippen LogP contribution in [0.4, 0.5) is 13.2 Å². The monoisotopic (exact) mass is 319 g/mol. The number of nitrogens with one attached hydrogen (secondary N) is 1. The van der Waals surface area contributed by atoms with Crippen LogP contribution in [-0.2, 0) is 6.18 Å². The molecule has 1 saturated carbocycles. The van der Waals surface area contributed by atoms with Crippen LogP contribution in [0.3, 0.4) is 0 Å². The summed E-state index contributed by atoms with van der Waals surface area (Å²) in [6.45, 7) is 2.15. The van der Waals surface area contributed by atoms with Crippen molar-refractivity contribution in [3.63, 3.8) is 0 Å². The summed E-state index contributed by atoms with van der Waals surface area (Å²) >= 11 is 5.85. The minimum Gasteiger partial charge on any atom is -0.349 e. The Morgan fingerprint density at radius 3 is 2.43 bits per heavy atom. The zero-order valence-corrected chi connectivity index (χ0v) is 12.4. The molecule has 0 atom stereocenters. The van der Waals surface area contributed by atoms with Gasteiger partial charge in [-0.05, 0) is 49.8 Å². The van der Waals surface area contributed by atoms with Gasteiger partial charge in [-0.2, -0.15) is 13.2 Å². The second-order valence-electron chi connectivity index (χ2n) is 5.62. The van der Waals surface area contributed by atoms with Gasteiger partial charge in [0.05, 0.1) is 16.1 Å². The Kier molecular flexibility index (Phi) is 4.81. The largest absolute Gasteiger partial charge is 0.416 e. The van der Waals surface area contributed by atoms with Crippen LogP contribution in [0.2, 0.25) is 5.02 Å². The number of alkyl halides is 3. The van der Waals surface area contributed by atoms with E-state index < -0.39 is 17.6 Å². The molecule has 21 heavy (non-hydrogen) atoms. The molecule has 1 aromatic rings. The maximum absolute atomic E-state index is 12.7. The van der Waals surface area contributed by atoms with Gasteiger partial charge in [-0.3, -0.25) is 4.79 Å². The average molecular weight is 320 g/mol. The Balaban J connectivity index is 2.11. The van der Waals surface area contributed by atoms with Crippen LogP contribution in [0.25, 0.3) is 0 Å². The Morgan fingerprint density at radius 1 is 1.24 bits per heavy atom. The van der Waals surface area contributed by atoms with E-state index in [1.807, 2.05) is 0 Å². The smallest absolute Gasteiger partial charge is 0.349 e. The van der Waals surface area contributed by atoms with E-state index in [-0.39, 0.29) is 16.6 Å². The summed E-state index contributed by atoms with van der Waals surface area (Å²) in [5.41, 5.74) is -0.987. The fourth-order valence-electron chi connectivity index (χ4n) is 2.54. The van der Waals surface area contributed by atoms with Crippen molar-refractivity contribution in [1.82, 2.24) is 5.32 Å². The van der Waals surface area contributed by atoms with Crippen molar-refractivity contribution in [3.8, 4) is 0 Å². The van der Waals surface area contributed by atoms with E-state index in [0.29, 0.717) is 5.92 Å². The summed E-state index contributed by atoms with van der Waals surface area (Å²) in [4.78, 5) is 12.1. The number of carbonyl (C=O) groups is 1. The zero-order valence-electron chi connectivity index (χ0n) is 11.6. The molecule has 1 aromatic carbocycles. The normalized spacial score (nSPS) is 22.9. The van der Waals surface area contributed by atoms with Gasteiger partial charge in [0.2, 0.25) is 0 Å². The Morgan fingerprint density at radius 2 is 1.86 bits per heavy atom. The molecular weight excluding hydrogens is 303 g/mol. The maximum Gasteiger partial charge on any atom is 0.416 e. The van der Waals surface area contributed by atoms with E-state index in [4.69, 9.17) is 11.6 Å². The topological polar surface area (TPSA) is 29.1 Å². The van der Waals surface area contributed by atoms with Crippen molar-refractivity contribution in [1.29, 1.82) is 0 Å². The van der Waals surface area contributed by atoms with Crippen LogP contribution in [0.1, 0.15) is 48.5 Å². The molecule has 1 aliphatic rings. The standard InChI is InChI=1S/C15H17ClF3NO/c1-9-2-5-11(6-3-9)20-14(21)12-8-10(15(17,18)19)4-7-13(12)16/h4,7-9,11H,2-3,5-6H2,1H3,(H,20,21). The molecule has 1 N–H and O–H groups in total. The van der Waals surface area contributed by atoms with E-state index in [1.54, 1.807) is 0 Å².